The molecule has 0 bridgehead atoms. The molecule has 98 valence electrons. The average molecular weight is 390 g/mol. The van der Waals surface area contributed by atoms with Crippen LogP contribution in [-0.2, 0) is 6.42 Å². The van der Waals surface area contributed by atoms with Gasteiger partial charge in [-0.3, -0.25) is 4.79 Å². The van der Waals surface area contributed by atoms with E-state index in [0.29, 0.717) is 20.1 Å². The maximum Gasteiger partial charge on any atom is 0.168 e. The first-order chi connectivity index (χ1) is 8.95. The zero-order chi connectivity index (χ0) is 14.0. The summed E-state index contributed by atoms with van der Waals surface area (Å²) < 4.78 is 27.1. The van der Waals surface area contributed by atoms with Gasteiger partial charge in [-0.1, -0.05) is 15.9 Å². The zero-order valence-corrected chi connectivity index (χ0v) is 12.8. The zero-order valence-electron chi connectivity index (χ0n) is 9.59. The summed E-state index contributed by atoms with van der Waals surface area (Å²) in [4.78, 5) is 12.1. The lowest BCUT2D eigenvalue weighted by molar-refractivity contribution is 0.0992. The molecule has 0 aliphatic heterocycles. The molecule has 0 heterocycles. The second-order valence-corrected chi connectivity index (χ2v) is 5.77. The molecule has 0 N–H and O–H groups in total. The predicted octanol–water partition coefficient (Wildman–Crippen LogP) is 4.92. The van der Waals surface area contributed by atoms with Crippen molar-refractivity contribution in [3.05, 3.63) is 68.1 Å². The molecule has 0 aromatic heterocycles. The van der Waals surface area contributed by atoms with E-state index in [2.05, 4.69) is 31.9 Å². The van der Waals surface area contributed by atoms with Gasteiger partial charge in [-0.2, -0.15) is 0 Å². The predicted molar refractivity (Wildman–Crippen MR) is 76.2 cm³/mol. The Labute approximate surface area is 125 Å². The number of carbonyl (C=O) groups excluding carboxylic acids is 1. The van der Waals surface area contributed by atoms with Crippen LogP contribution < -0.4 is 0 Å². The summed E-state index contributed by atoms with van der Waals surface area (Å²) in [6.07, 6.45) is 0.0561. The highest BCUT2D eigenvalue weighted by Gasteiger charge is 2.12. The third-order valence-corrected chi connectivity index (χ3v) is 3.63. The van der Waals surface area contributed by atoms with E-state index in [0.717, 1.165) is 0 Å². The molecule has 1 nitrogen and oxygen atoms in total. The maximum absolute atomic E-state index is 13.2. The van der Waals surface area contributed by atoms with Gasteiger partial charge in [0.25, 0.3) is 0 Å². The van der Waals surface area contributed by atoms with Crippen LogP contribution >= 0.6 is 31.9 Å². The number of hydrogen-bond acceptors (Lipinski definition) is 1. The fourth-order valence-corrected chi connectivity index (χ4v) is 2.79. The molecule has 2 rings (SSSR count). The van der Waals surface area contributed by atoms with Crippen LogP contribution in [0.25, 0.3) is 0 Å². The molecule has 0 saturated heterocycles. The summed E-state index contributed by atoms with van der Waals surface area (Å²) in [5, 5.41) is 0. The standard InChI is InChI=1S/C14H8Br2F2O/c15-9-3-8(4-11(18)6-9)5-14(19)12-2-1-10(17)7-13(12)16/h1-4,6-7H,5H2. The van der Waals surface area contributed by atoms with Crippen molar-refractivity contribution in [2.75, 3.05) is 0 Å². The minimum absolute atomic E-state index is 0.0561. The first-order valence-electron chi connectivity index (χ1n) is 5.39. The molecule has 0 saturated carbocycles. The van der Waals surface area contributed by atoms with Gasteiger partial charge in [0.15, 0.2) is 5.78 Å². The Morgan fingerprint density at radius 3 is 2.37 bits per heavy atom. The first-order valence-corrected chi connectivity index (χ1v) is 6.97. The molecule has 19 heavy (non-hydrogen) atoms. The van der Waals surface area contributed by atoms with Gasteiger partial charge in [0, 0.05) is 20.9 Å². The van der Waals surface area contributed by atoms with Crippen molar-refractivity contribution >= 4 is 37.6 Å². The second-order valence-electron chi connectivity index (χ2n) is 4.00. The van der Waals surface area contributed by atoms with Crippen molar-refractivity contribution in [3.63, 3.8) is 0 Å². The molecular formula is C14H8Br2F2O. The van der Waals surface area contributed by atoms with E-state index in [-0.39, 0.29) is 12.2 Å². The largest absolute Gasteiger partial charge is 0.294 e. The van der Waals surface area contributed by atoms with E-state index < -0.39 is 11.6 Å². The Bertz CT molecular complexity index is 621. The van der Waals surface area contributed by atoms with Gasteiger partial charge in [0.2, 0.25) is 0 Å². The molecular weight excluding hydrogens is 382 g/mol. The van der Waals surface area contributed by atoms with Gasteiger partial charge in [0.05, 0.1) is 0 Å². The third kappa shape index (κ3) is 3.70. The Morgan fingerprint density at radius 2 is 1.74 bits per heavy atom. The van der Waals surface area contributed by atoms with Crippen molar-refractivity contribution < 1.29 is 13.6 Å². The normalized spacial score (nSPS) is 10.5. The van der Waals surface area contributed by atoms with E-state index in [1.54, 1.807) is 6.07 Å². The molecule has 0 amide bonds. The first kappa shape index (κ1) is 14.3. The summed E-state index contributed by atoms with van der Waals surface area (Å²) in [7, 11) is 0. The summed E-state index contributed by atoms with van der Waals surface area (Å²) in [5.41, 5.74) is 0.940. The molecule has 0 atom stereocenters. The van der Waals surface area contributed by atoms with Crippen LogP contribution in [0.2, 0.25) is 0 Å². The summed E-state index contributed by atoms with van der Waals surface area (Å²) >= 11 is 6.32. The number of Topliss-reactive ketones (excluding diaryl/α,β-unsaturated/α-hetero) is 1. The number of rotatable bonds is 3. The molecule has 0 unspecified atom stereocenters. The van der Waals surface area contributed by atoms with Gasteiger partial charge in [0.1, 0.15) is 11.6 Å². The van der Waals surface area contributed by atoms with Crippen LogP contribution in [0.3, 0.4) is 0 Å². The smallest absolute Gasteiger partial charge is 0.168 e. The lowest BCUT2D eigenvalue weighted by Crippen LogP contribution is -2.05. The SMILES string of the molecule is O=C(Cc1cc(F)cc(Br)c1)c1ccc(F)cc1Br. The van der Waals surface area contributed by atoms with Crippen molar-refractivity contribution in [3.8, 4) is 0 Å². The fourth-order valence-electron chi connectivity index (χ4n) is 1.71. The van der Waals surface area contributed by atoms with Crippen LogP contribution in [0.15, 0.2) is 45.3 Å². The fraction of sp³-hybridized carbons (Fsp3) is 0.0714. The van der Waals surface area contributed by atoms with E-state index in [1.807, 2.05) is 0 Å². The molecule has 0 aliphatic rings. The molecule has 0 fully saturated rings. The highest BCUT2D eigenvalue weighted by molar-refractivity contribution is 9.10. The van der Waals surface area contributed by atoms with E-state index >= 15 is 0 Å². The van der Waals surface area contributed by atoms with E-state index in [9.17, 15) is 13.6 Å². The third-order valence-electron chi connectivity index (χ3n) is 2.52. The average Bonchev–Trinajstić information content (AvgIpc) is 2.26. The van der Waals surface area contributed by atoms with Crippen LogP contribution in [-0.4, -0.2) is 5.78 Å². The minimum Gasteiger partial charge on any atom is -0.294 e. The van der Waals surface area contributed by atoms with Gasteiger partial charge in [-0.15, -0.1) is 0 Å². The molecule has 5 heteroatoms. The molecule has 0 spiro atoms. The van der Waals surface area contributed by atoms with Crippen molar-refractivity contribution in [2.24, 2.45) is 0 Å². The molecule has 2 aromatic rings. The number of ketones is 1. The van der Waals surface area contributed by atoms with Crippen LogP contribution in [0.4, 0.5) is 8.78 Å². The molecule has 2 aromatic carbocycles. The van der Waals surface area contributed by atoms with Gasteiger partial charge in [-0.05, 0) is 57.9 Å². The number of hydrogen-bond donors (Lipinski definition) is 0. The summed E-state index contributed by atoms with van der Waals surface area (Å²) in [6.45, 7) is 0. The topological polar surface area (TPSA) is 17.1 Å². The number of halogens is 4. The Hall–Kier alpha value is -1.07. The lowest BCUT2D eigenvalue weighted by Gasteiger charge is -2.05. The van der Waals surface area contributed by atoms with Crippen LogP contribution in [0, 0.1) is 11.6 Å². The lowest BCUT2D eigenvalue weighted by atomic mass is 10.0. The Kier molecular flexibility index (Phi) is 4.47. The van der Waals surface area contributed by atoms with Crippen molar-refractivity contribution in [1.82, 2.24) is 0 Å². The van der Waals surface area contributed by atoms with E-state index in [1.165, 1.54) is 30.3 Å². The Balaban J connectivity index is 2.25. The van der Waals surface area contributed by atoms with Crippen molar-refractivity contribution in [2.45, 2.75) is 6.42 Å². The van der Waals surface area contributed by atoms with Gasteiger partial charge < -0.3 is 0 Å². The van der Waals surface area contributed by atoms with Crippen LogP contribution in [0.5, 0.6) is 0 Å². The second kappa shape index (κ2) is 5.92. The summed E-state index contributed by atoms with van der Waals surface area (Å²) in [6, 6.07) is 8.17. The minimum atomic E-state index is -0.420. The number of benzene rings is 2. The molecule has 0 aliphatic carbocycles. The highest BCUT2D eigenvalue weighted by atomic mass is 79.9. The van der Waals surface area contributed by atoms with Gasteiger partial charge in [-0.25, -0.2) is 8.78 Å². The van der Waals surface area contributed by atoms with Gasteiger partial charge >= 0.3 is 0 Å². The van der Waals surface area contributed by atoms with Crippen LogP contribution in [0.1, 0.15) is 15.9 Å². The number of carbonyl (C=O) groups is 1. The van der Waals surface area contributed by atoms with E-state index in [4.69, 9.17) is 0 Å². The van der Waals surface area contributed by atoms with Crippen molar-refractivity contribution in [1.29, 1.82) is 0 Å². The highest BCUT2D eigenvalue weighted by Crippen LogP contribution is 2.21. The quantitative estimate of drug-likeness (QED) is 0.681. The monoisotopic (exact) mass is 388 g/mol. The Morgan fingerprint density at radius 1 is 1.00 bits per heavy atom. The maximum atomic E-state index is 13.2. The molecule has 0 radical (unpaired) electrons. The summed E-state index contributed by atoms with van der Waals surface area (Å²) in [5.74, 6) is -1.03.